The largest absolute Gasteiger partial charge is 0.297 e. The predicted molar refractivity (Wildman–Crippen MR) is 71.3 cm³/mol. The molecule has 2 nitrogen and oxygen atoms in total. The summed E-state index contributed by atoms with van der Waals surface area (Å²) < 4.78 is 27.3. The zero-order valence-electron chi connectivity index (χ0n) is 12.8. The van der Waals surface area contributed by atoms with Crippen LogP contribution in [0.4, 0.5) is 8.78 Å². The monoisotopic (exact) mass is 273 g/mol. The molecule has 0 N–H and O–H groups in total. The van der Waals surface area contributed by atoms with E-state index in [0.717, 1.165) is 0 Å². The SMILES string of the molecule is CC(C)(C)C(=O)[C@@H]1CC2C(CN1C(C)(C)C)C2(F)F. The number of carbonyl (C=O) groups is 1. The molecule has 1 saturated carbocycles. The molecule has 0 aromatic heterocycles. The Bertz CT molecular complexity index is 392. The number of ketones is 1. The Morgan fingerprint density at radius 3 is 2.05 bits per heavy atom. The predicted octanol–water partition coefficient (Wildman–Crippen LogP) is 3.36. The Kier molecular flexibility index (Phi) is 3.13. The van der Waals surface area contributed by atoms with Gasteiger partial charge in [-0.15, -0.1) is 0 Å². The molecule has 110 valence electrons. The molecule has 0 bridgehead atoms. The molecule has 4 heteroatoms. The molecule has 1 aliphatic carbocycles. The normalized spacial score (nSPS) is 34.8. The summed E-state index contributed by atoms with van der Waals surface area (Å²) in [6, 6.07) is -0.366. The van der Waals surface area contributed by atoms with Gasteiger partial charge in [0.05, 0.1) is 6.04 Å². The zero-order valence-corrected chi connectivity index (χ0v) is 12.8. The van der Waals surface area contributed by atoms with Gasteiger partial charge in [-0.05, 0) is 27.2 Å². The summed E-state index contributed by atoms with van der Waals surface area (Å²) in [6.07, 6.45) is 0.311. The van der Waals surface area contributed by atoms with Crippen molar-refractivity contribution < 1.29 is 13.6 Å². The Hall–Kier alpha value is -0.510. The molecule has 0 amide bonds. The number of hydrogen-bond acceptors (Lipinski definition) is 2. The van der Waals surface area contributed by atoms with Crippen LogP contribution < -0.4 is 0 Å². The number of Topliss-reactive ketones (excluding diaryl/α,β-unsaturated/α-hetero) is 1. The van der Waals surface area contributed by atoms with E-state index in [1.807, 2.05) is 46.4 Å². The van der Waals surface area contributed by atoms with E-state index >= 15 is 0 Å². The van der Waals surface area contributed by atoms with Gasteiger partial charge in [0.25, 0.3) is 5.92 Å². The lowest BCUT2D eigenvalue weighted by Crippen LogP contribution is -2.56. The molecule has 0 radical (unpaired) electrons. The number of piperidine rings is 1. The first-order valence-corrected chi connectivity index (χ1v) is 7.05. The van der Waals surface area contributed by atoms with Crippen LogP contribution in [0.2, 0.25) is 0 Å². The first-order chi connectivity index (χ1) is 8.37. The molecule has 1 saturated heterocycles. The molecule has 1 heterocycles. The number of nitrogens with zero attached hydrogens (tertiary/aromatic N) is 1. The van der Waals surface area contributed by atoms with Gasteiger partial charge in [0.1, 0.15) is 0 Å². The van der Waals surface area contributed by atoms with E-state index in [2.05, 4.69) is 0 Å². The molecule has 2 rings (SSSR count). The molecule has 2 unspecified atom stereocenters. The Labute approximate surface area is 114 Å². The van der Waals surface area contributed by atoms with Crippen molar-refractivity contribution in [2.75, 3.05) is 6.54 Å². The van der Waals surface area contributed by atoms with Crippen LogP contribution in [0, 0.1) is 17.3 Å². The van der Waals surface area contributed by atoms with E-state index < -0.39 is 23.2 Å². The highest BCUT2D eigenvalue weighted by Gasteiger charge is 2.71. The third-order valence-electron chi connectivity index (χ3n) is 4.52. The summed E-state index contributed by atoms with van der Waals surface area (Å²) in [6.45, 7) is 11.9. The van der Waals surface area contributed by atoms with Crippen molar-refractivity contribution in [1.82, 2.24) is 4.90 Å². The fourth-order valence-electron chi connectivity index (χ4n) is 3.23. The first kappa shape index (κ1) is 14.9. The molecule has 3 atom stereocenters. The quantitative estimate of drug-likeness (QED) is 0.730. The van der Waals surface area contributed by atoms with Crippen molar-refractivity contribution in [3.05, 3.63) is 0 Å². The van der Waals surface area contributed by atoms with Gasteiger partial charge in [0, 0.05) is 29.3 Å². The lowest BCUT2D eigenvalue weighted by Gasteiger charge is -2.44. The van der Waals surface area contributed by atoms with Crippen LogP contribution in [0.1, 0.15) is 48.0 Å². The molecule has 19 heavy (non-hydrogen) atoms. The van der Waals surface area contributed by atoms with Crippen molar-refractivity contribution in [2.45, 2.75) is 65.5 Å². The topological polar surface area (TPSA) is 20.3 Å². The maximum absolute atomic E-state index is 13.7. The van der Waals surface area contributed by atoms with Gasteiger partial charge in [-0.1, -0.05) is 20.8 Å². The summed E-state index contributed by atoms with van der Waals surface area (Å²) >= 11 is 0. The molecular weight excluding hydrogens is 248 g/mol. The van der Waals surface area contributed by atoms with Gasteiger partial charge < -0.3 is 0 Å². The van der Waals surface area contributed by atoms with Crippen LogP contribution in [0.3, 0.4) is 0 Å². The zero-order chi connectivity index (χ0) is 14.8. The van der Waals surface area contributed by atoms with Gasteiger partial charge in [-0.3, -0.25) is 9.69 Å². The second-order valence-corrected chi connectivity index (χ2v) is 8.08. The summed E-state index contributed by atoms with van der Waals surface area (Å²) in [5.41, 5.74) is -0.736. The second-order valence-electron chi connectivity index (χ2n) is 8.08. The number of alkyl halides is 2. The lowest BCUT2D eigenvalue weighted by molar-refractivity contribution is -0.136. The molecule has 2 fully saturated rings. The van der Waals surface area contributed by atoms with Crippen molar-refractivity contribution in [2.24, 2.45) is 17.3 Å². The summed E-state index contributed by atoms with van der Waals surface area (Å²) in [5, 5.41) is 0. The van der Waals surface area contributed by atoms with E-state index in [9.17, 15) is 13.6 Å². The summed E-state index contributed by atoms with van der Waals surface area (Å²) in [7, 11) is 0. The van der Waals surface area contributed by atoms with Crippen molar-refractivity contribution in [3.8, 4) is 0 Å². The number of fused-ring (bicyclic) bond motifs is 1. The second kappa shape index (κ2) is 4.00. The third-order valence-corrected chi connectivity index (χ3v) is 4.52. The first-order valence-electron chi connectivity index (χ1n) is 7.05. The van der Waals surface area contributed by atoms with Gasteiger partial charge in [-0.25, -0.2) is 8.78 Å². The van der Waals surface area contributed by atoms with E-state index in [0.29, 0.717) is 13.0 Å². The van der Waals surface area contributed by atoms with E-state index in [1.54, 1.807) is 0 Å². The molecule has 0 spiro atoms. The fourth-order valence-corrected chi connectivity index (χ4v) is 3.23. The van der Waals surface area contributed by atoms with Gasteiger partial charge in [0.2, 0.25) is 0 Å². The van der Waals surface area contributed by atoms with Crippen LogP contribution in [0.25, 0.3) is 0 Å². The highest BCUT2D eigenvalue weighted by molar-refractivity contribution is 5.89. The van der Waals surface area contributed by atoms with Crippen LogP contribution in [-0.4, -0.2) is 34.7 Å². The van der Waals surface area contributed by atoms with Gasteiger partial charge >= 0.3 is 0 Å². The van der Waals surface area contributed by atoms with Crippen LogP contribution in [0.15, 0.2) is 0 Å². The number of rotatable bonds is 1. The minimum atomic E-state index is -2.56. The minimum absolute atomic E-state index is 0.0866. The Balaban J connectivity index is 2.26. The summed E-state index contributed by atoms with van der Waals surface area (Å²) in [4.78, 5) is 14.6. The van der Waals surface area contributed by atoms with Crippen LogP contribution in [-0.2, 0) is 4.79 Å². The van der Waals surface area contributed by atoms with Crippen molar-refractivity contribution in [1.29, 1.82) is 0 Å². The fraction of sp³-hybridized carbons (Fsp3) is 0.933. The smallest absolute Gasteiger partial charge is 0.255 e. The third kappa shape index (κ3) is 2.44. The molecule has 1 aliphatic heterocycles. The Morgan fingerprint density at radius 1 is 1.11 bits per heavy atom. The average molecular weight is 273 g/mol. The average Bonchev–Trinajstić information content (AvgIpc) is 2.76. The van der Waals surface area contributed by atoms with Crippen LogP contribution in [0.5, 0.6) is 0 Å². The highest BCUT2D eigenvalue weighted by atomic mass is 19.3. The molecule has 0 aromatic carbocycles. The molecular formula is C15H25F2NO. The maximum atomic E-state index is 13.7. The number of carbonyl (C=O) groups excluding carboxylic acids is 1. The lowest BCUT2D eigenvalue weighted by atomic mass is 9.81. The maximum Gasteiger partial charge on any atom is 0.255 e. The van der Waals surface area contributed by atoms with E-state index in [4.69, 9.17) is 0 Å². The van der Waals surface area contributed by atoms with Crippen LogP contribution >= 0.6 is 0 Å². The number of halogens is 2. The van der Waals surface area contributed by atoms with Crippen molar-refractivity contribution in [3.63, 3.8) is 0 Å². The molecule has 0 aromatic rings. The number of likely N-dealkylation sites (tertiary alicyclic amines) is 1. The standard InChI is InChI=1S/C15H25F2NO/c1-13(2,3)12(19)11-7-9-10(15(9,16)17)8-18(11)14(4,5)6/h9-11H,7-8H2,1-6H3/t9?,10?,11-/m0/s1. The Morgan fingerprint density at radius 2 is 1.63 bits per heavy atom. The van der Waals surface area contributed by atoms with Crippen molar-refractivity contribution >= 4 is 5.78 Å². The minimum Gasteiger partial charge on any atom is -0.297 e. The van der Waals surface area contributed by atoms with E-state index in [-0.39, 0.29) is 17.4 Å². The van der Waals surface area contributed by atoms with Gasteiger partial charge in [0.15, 0.2) is 5.78 Å². The van der Waals surface area contributed by atoms with E-state index in [1.165, 1.54) is 0 Å². The molecule has 2 aliphatic rings. The number of hydrogen-bond donors (Lipinski definition) is 0. The highest BCUT2D eigenvalue weighted by Crippen LogP contribution is 2.61. The van der Waals surface area contributed by atoms with Gasteiger partial charge in [-0.2, -0.15) is 0 Å². The summed E-state index contributed by atoms with van der Waals surface area (Å²) in [5.74, 6) is -3.60.